The number of hydrogen-bond acceptors (Lipinski definition) is 5. The Bertz CT molecular complexity index is 948. The van der Waals surface area contributed by atoms with Crippen LogP contribution in [0.15, 0.2) is 42.6 Å². The number of nitrogens with one attached hydrogen (secondary N) is 2. The van der Waals surface area contributed by atoms with E-state index in [1.165, 1.54) is 4.70 Å². The number of pyridine rings is 1. The quantitative estimate of drug-likeness (QED) is 0.623. The molecule has 0 aliphatic heterocycles. The van der Waals surface area contributed by atoms with Crippen LogP contribution in [0.5, 0.6) is 0 Å². The molecule has 1 aliphatic carbocycles. The van der Waals surface area contributed by atoms with Gasteiger partial charge in [0.1, 0.15) is 5.15 Å². The molecule has 7 heteroatoms. The van der Waals surface area contributed by atoms with Crippen molar-refractivity contribution in [3.8, 4) is 0 Å². The van der Waals surface area contributed by atoms with E-state index >= 15 is 0 Å². The number of fused-ring (bicyclic) bond motifs is 1. The summed E-state index contributed by atoms with van der Waals surface area (Å²) in [5.41, 5.74) is 1.04. The first-order valence-corrected chi connectivity index (χ1v) is 10.2. The number of carbonyl (C=O) groups excluding carboxylic acids is 1. The monoisotopic (exact) mass is 400 g/mol. The van der Waals surface area contributed by atoms with Crippen LogP contribution in [-0.2, 0) is 10.2 Å². The van der Waals surface area contributed by atoms with E-state index in [4.69, 9.17) is 11.6 Å². The van der Waals surface area contributed by atoms with Crippen LogP contribution in [0.3, 0.4) is 0 Å². The molecule has 1 aliphatic rings. The molecule has 1 saturated carbocycles. The molecule has 0 saturated heterocycles. The van der Waals surface area contributed by atoms with Crippen molar-refractivity contribution >= 4 is 44.2 Å². The average molecular weight is 401 g/mol. The van der Waals surface area contributed by atoms with Gasteiger partial charge in [-0.05, 0) is 44.9 Å². The number of rotatable bonds is 5. The SMILES string of the molecule is CC(C)(C(=O)NC1CC(Nc2nc3ccccc3s2)C1)c1cccnc1Cl. The summed E-state index contributed by atoms with van der Waals surface area (Å²) in [5, 5.41) is 7.93. The number of thiazole rings is 1. The second kappa shape index (κ2) is 7.09. The summed E-state index contributed by atoms with van der Waals surface area (Å²) in [7, 11) is 0. The number of benzene rings is 1. The van der Waals surface area contributed by atoms with Crippen molar-refractivity contribution in [3.63, 3.8) is 0 Å². The number of nitrogens with zero attached hydrogens (tertiary/aromatic N) is 2. The van der Waals surface area contributed by atoms with Crippen molar-refractivity contribution in [2.24, 2.45) is 0 Å². The van der Waals surface area contributed by atoms with Crippen LogP contribution >= 0.6 is 22.9 Å². The smallest absolute Gasteiger partial charge is 0.230 e. The molecule has 2 heterocycles. The second-order valence-corrected chi connectivity index (χ2v) is 8.83. The van der Waals surface area contributed by atoms with Crippen molar-refractivity contribution < 1.29 is 4.79 Å². The molecule has 0 radical (unpaired) electrons. The lowest BCUT2D eigenvalue weighted by atomic mass is 9.82. The second-order valence-electron chi connectivity index (χ2n) is 7.44. The number of carbonyl (C=O) groups is 1. The largest absolute Gasteiger partial charge is 0.359 e. The Morgan fingerprint density at radius 1 is 1.19 bits per heavy atom. The van der Waals surface area contributed by atoms with Gasteiger partial charge < -0.3 is 10.6 Å². The van der Waals surface area contributed by atoms with E-state index in [1.807, 2.05) is 38.1 Å². The zero-order chi connectivity index (χ0) is 19.0. The molecule has 1 aromatic carbocycles. The predicted molar refractivity (Wildman–Crippen MR) is 110 cm³/mol. The zero-order valence-corrected chi connectivity index (χ0v) is 16.8. The fourth-order valence-corrected chi connectivity index (χ4v) is 4.60. The van der Waals surface area contributed by atoms with Crippen molar-refractivity contribution in [1.82, 2.24) is 15.3 Å². The molecular weight excluding hydrogens is 380 g/mol. The highest BCUT2D eigenvalue weighted by Crippen LogP contribution is 2.32. The van der Waals surface area contributed by atoms with Crippen molar-refractivity contribution in [2.75, 3.05) is 5.32 Å². The Hall–Kier alpha value is -2.18. The number of amides is 1. The molecule has 1 amide bonds. The summed E-state index contributed by atoms with van der Waals surface area (Å²) in [5.74, 6) is -0.0270. The van der Waals surface area contributed by atoms with Gasteiger partial charge in [0.25, 0.3) is 0 Å². The van der Waals surface area contributed by atoms with E-state index in [1.54, 1.807) is 23.6 Å². The van der Waals surface area contributed by atoms with Crippen LogP contribution in [-0.4, -0.2) is 28.0 Å². The Morgan fingerprint density at radius 3 is 2.70 bits per heavy atom. The lowest BCUT2D eigenvalue weighted by Gasteiger charge is -2.38. The number of hydrogen-bond donors (Lipinski definition) is 2. The van der Waals surface area contributed by atoms with Crippen molar-refractivity contribution in [1.29, 1.82) is 0 Å². The summed E-state index contributed by atoms with van der Waals surface area (Å²) in [6.07, 6.45) is 3.40. The van der Waals surface area contributed by atoms with Gasteiger partial charge in [-0.25, -0.2) is 9.97 Å². The molecule has 0 atom stereocenters. The van der Waals surface area contributed by atoms with Gasteiger partial charge >= 0.3 is 0 Å². The highest BCUT2D eigenvalue weighted by molar-refractivity contribution is 7.22. The fourth-order valence-electron chi connectivity index (χ4n) is 3.30. The van der Waals surface area contributed by atoms with E-state index in [-0.39, 0.29) is 11.9 Å². The third-order valence-corrected chi connectivity index (χ3v) is 6.36. The first kappa shape index (κ1) is 18.2. The molecule has 5 nitrogen and oxygen atoms in total. The Kier molecular flexibility index (Phi) is 4.78. The van der Waals surface area contributed by atoms with Crippen LogP contribution < -0.4 is 10.6 Å². The van der Waals surface area contributed by atoms with Gasteiger partial charge in [0.2, 0.25) is 5.91 Å². The Morgan fingerprint density at radius 2 is 1.96 bits per heavy atom. The molecule has 2 N–H and O–H groups in total. The Balaban J connectivity index is 1.33. The van der Waals surface area contributed by atoms with Crippen LogP contribution in [0, 0.1) is 0 Å². The summed E-state index contributed by atoms with van der Waals surface area (Å²) >= 11 is 7.84. The van der Waals surface area contributed by atoms with Gasteiger partial charge in [-0.1, -0.05) is 41.1 Å². The summed E-state index contributed by atoms with van der Waals surface area (Å²) in [4.78, 5) is 21.5. The van der Waals surface area contributed by atoms with E-state index in [0.29, 0.717) is 11.2 Å². The number of anilines is 1. The molecule has 3 aromatic rings. The van der Waals surface area contributed by atoms with Crippen LogP contribution in [0.2, 0.25) is 5.15 Å². The van der Waals surface area contributed by atoms with Crippen LogP contribution in [0.4, 0.5) is 5.13 Å². The maximum absolute atomic E-state index is 12.8. The molecule has 0 bridgehead atoms. The van der Waals surface area contributed by atoms with Crippen molar-refractivity contribution in [3.05, 3.63) is 53.3 Å². The summed E-state index contributed by atoms with van der Waals surface area (Å²) < 4.78 is 1.18. The zero-order valence-electron chi connectivity index (χ0n) is 15.2. The minimum absolute atomic E-state index is 0.0270. The Labute approximate surface area is 167 Å². The first-order valence-electron chi connectivity index (χ1n) is 8.97. The van der Waals surface area contributed by atoms with Gasteiger partial charge in [-0.3, -0.25) is 4.79 Å². The summed E-state index contributed by atoms with van der Waals surface area (Å²) in [6, 6.07) is 12.3. The maximum Gasteiger partial charge on any atom is 0.230 e. The number of para-hydroxylation sites is 1. The van der Waals surface area contributed by atoms with Gasteiger partial charge in [0.05, 0.1) is 15.6 Å². The van der Waals surface area contributed by atoms with E-state index in [2.05, 4.69) is 26.7 Å². The minimum Gasteiger partial charge on any atom is -0.359 e. The van der Waals surface area contributed by atoms with Crippen molar-refractivity contribution in [2.45, 2.75) is 44.2 Å². The van der Waals surface area contributed by atoms with E-state index < -0.39 is 5.41 Å². The topological polar surface area (TPSA) is 66.9 Å². The lowest BCUT2D eigenvalue weighted by molar-refractivity contribution is -0.127. The first-order chi connectivity index (χ1) is 12.9. The van der Waals surface area contributed by atoms with Gasteiger partial charge in [-0.2, -0.15) is 0 Å². The molecule has 140 valence electrons. The molecule has 0 unspecified atom stereocenters. The molecule has 0 spiro atoms. The standard InChI is InChI=1S/C20H21ClN4OS/c1-20(2,14-6-5-9-22-17(14)21)18(26)23-12-10-13(11-12)24-19-25-15-7-3-4-8-16(15)27-19/h3-9,12-13H,10-11H2,1-2H3,(H,23,26)(H,24,25). The number of aromatic nitrogens is 2. The third-order valence-electron chi connectivity index (χ3n) is 5.09. The molecule has 27 heavy (non-hydrogen) atoms. The normalized spacial score (nSPS) is 19.5. The third kappa shape index (κ3) is 3.64. The van der Waals surface area contributed by atoms with Gasteiger partial charge in [0, 0.05) is 23.8 Å². The molecule has 1 fully saturated rings. The van der Waals surface area contributed by atoms with Gasteiger partial charge in [-0.15, -0.1) is 0 Å². The van der Waals surface area contributed by atoms with Gasteiger partial charge in [0.15, 0.2) is 5.13 Å². The minimum atomic E-state index is -0.725. The van der Waals surface area contributed by atoms with E-state index in [0.717, 1.165) is 29.1 Å². The fraction of sp³-hybridized carbons (Fsp3) is 0.350. The molecule has 2 aromatic heterocycles. The van der Waals surface area contributed by atoms with Crippen LogP contribution in [0.1, 0.15) is 32.3 Å². The lowest BCUT2D eigenvalue weighted by Crippen LogP contribution is -2.53. The highest BCUT2D eigenvalue weighted by Gasteiger charge is 2.37. The summed E-state index contributed by atoms with van der Waals surface area (Å²) in [6.45, 7) is 3.75. The van der Waals surface area contributed by atoms with Crippen LogP contribution in [0.25, 0.3) is 10.2 Å². The molecular formula is C20H21ClN4OS. The molecule has 4 rings (SSSR count). The highest BCUT2D eigenvalue weighted by atomic mass is 35.5. The average Bonchev–Trinajstić information content (AvgIpc) is 3.02. The number of halogens is 1. The van der Waals surface area contributed by atoms with E-state index in [9.17, 15) is 4.79 Å². The predicted octanol–water partition coefficient (Wildman–Crippen LogP) is 4.38. The maximum atomic E-state index is 12.8.